The maximum atomic E-state index is 11.9. The van der Waals surface area contributed by atoms with E-state index in [2.05, 4.69) is 25.0 Å². The van der Waals surface area contributed by atoms with E-state index in [4.69, 9.17) is 16.6 Å². The molecule has 0 fully saturated rings. The fraction of sp³-hybridized carbons (Fsp3) is 0.400. The molecule has 0 radical (unpaired) electrons. The lowest BCUT2D eigenvalue weighted by Crippen LogP contribution is -2.28. The molecule has 0 saturated heterocycles. The average Bonchev–Trinajstić information content (AvgIpc) is 2.95. The molecule has 3 amide bonds. The number of nitrogens with two attached hydrogens (primary N) is 2. The number of aromatic nitrogens is 2. The Morgan fingerprint density at radius 3 is 2.62 bits per heavy atom. The van der Waals surface area contributed by atoms with Crippen molar-refractivity contribution in [3.05, 3.63) is 23.0 Å². The number of rotatable bonds is 4. The second kappa shape index (κ2) is 5.74. The normalized spacial score (nSPS) is 13.3. The Morgan fingerprint density at radius 1 is 1.33 bits per heavy atom. The van der Waals surface area contributed by atoms with Gasteiger partial charge in [0.15, 0.2) is 0 Å². The van der Waals surface area contributed by atoms with Gasteiger partial charge in [-0.3, -0.25) is 14.8 Å². The van der Waals surface area contributed by atoms with Gasteiger partial charge >= 0.3 is 6.03 Å². The summed E-state index contributed by atoms with van der Waals surface area (Å²) in [6.45, 7) is 6.89. The first-order chi connectivity index (χ1) is 11.2. The summed E-state index contributed by atoms with van der Waals surface area (Å²) < 4.78 is 2.01. The molecule has 0 spiro atoms. The van der Waals surface area contributed by atoms with Gasteiger partial charge < -0.3 is 11.5 Å². The van der Waals surface area contributed by atoms with Gasteiger partial charge in [0.25, 0.3) is 5.91 Å². The highest BCUT2D eigenvalue weighted by atomic mass is 32.1. The van der Waals surface area contributed by atoms with E-state index in [1.165, 1.54) is 11.3 Å². The maximum absolute atomic E-state index is 11.9. The largest absolute Gasteiger partial charge is 0.365 e. The monoisotopic (exact) mass is 363 g/mol. The van der Waals surface area contributed by atoms with Crippen LogP contribution in [-0.4, -0.2) is 29.8 Å². The van der Waals surface area contributed by atoms with Crippen LogP contribution in [0.15, 0.2) is 6.20 Å². The molecular weight excluding hydrogens is 342 g/mol. The lowest BCUT2D eigenvalue weighted by atomic mass is 9.94. The van der Waals surface area contributed by atoms with Crippen LogP contribution in [0.2, 0.25) is 19.6 Å². The number of carbonyl (C=O) groups is 2. The number of carbonyl (C=O) groups excluding carboxylic acids is 2. The zero-order valence-corrected chi connectivity index (χ0v) is 15.8. The molecule has 2 aromatic rings. The van der Waals surface area contributed by atoms with Gasteiger partial charge in [0.05, 0.1) is 19.3 Å². The number of anilines is 1. The molecule has 1 aliphatic carbocycles. The summed E-state index contributed by atoms with van der Waals surface area (Å²) in [5, 5.41) is 7.66. The van der Waals surface area contributed by atoms with E-state index in [0.29, 0.717) is 17.0 Å². The Kier molecular flexibility index (Phi) is 4.00. The van der Waals surface area contributed by atoms with Crippen molar-refractivity contribution in [3.8, 4) is 10.4 Å². The molecule has 128 valence electrons. The van der Waals surface area contributed by atoms with Crippen molar-refractivity contribution in [2.45, 2.75) is 38.7 Å². The first kappa shape index (κ1) is 16.7. The summed E-state index contributed by atoms with van der Waals surface area (Å²) in [5.74, 6) is -0.547. The number of nitrogens with one attached hydrogen (secondary N) is 1. The number of thiophene rings is 1. The number of amides is 3. The van der Waals surface area contributed by atoms with Gasteiger partial charge in [-0.15, -0.1) is 11.3 Å². The fourth-order valence-electron chi connectivity index (χ4n) is 3.03. The van der Waals surface area contributed by atoms with Crippen LogP contribution in [0.25, 0.3) is 10.4 Å². The highest BCUT2D eigenvalue weighted by molar-refractivity contribution is 7.20. The van der Waals surface area contributed by atoms with Crippen LogP contribution in [0.5, 0.6) is 0 Å². The maximum Gasteiger partial charge on any atom is 0.317 e. The van der Waals surface area contributed by atoms with Crippen molar-refractivity contribution >= 4 is 36.4 Å². The summed E-state index contributed by atoms with van der Waals surface area (Å²) in [6, 6.07) is -0.703. The van der Waals surface area contributed by atoms with E-state index in [9.17, 15) is 9.59 Å². The standard InChI is InChI=1S/C15H21N5O2SSi/c1-24(2,3)7-20-6-9-10(19-20)5-4-8-11(13(16)21)14(18-15(17)22)23-12(8)9/h6H,4-5,7H2,1-3H3,(H2,16,21)(H3,17,18,22). The van der Waals surface area contributed by atoms with Crippen LogP contribution in [0.4, 0.5) is 9.80 Å². The molecule has 0 bridgehead atoms. The fourth-order valence-corrected chi connectivity index (χ4v) is 5.45. The Bertz CT molecular complexity index is 834. The molecule has 24 heavy (non-hydrogen) atoms. The number of primary amides is 2. The van der Waals surface area contributed by atoms with Gasteiger partial charge in [-0.1, -0.05) is 19.6 Å². The molecule has 0 saturated carbocycles. The third kappa shape index (κ3) is 3.09. The van der Waals surface area contributed by atoms with Gasteiger partial charge in [-0.2, -0.15) is 5.10 Å². The van der Waals surface area contributed by atoms with Crippen LogP contribution >= 0.6 is 11.3 Å². The van der Waals surface area contributed by atoms with Gasteiger partial charge in [0, 0.05) is 22.8 Å². The Hall–Kier alpha value is -2.13. The van der Waals surface area contributed by atoms with E-state index in [1.807, 2.05) is 10.9 Å². The van der Waals surface area contributed by atoms with Gasteiger partial charge in [-0.25, -0.2) is 4.79 Å². The van der Waals surface area contributed by atoms with Crippen molar-refractivity contribution < 1.29 is 9.59 Å². The second-order valence-corrected chi connectivity index (χ2v) is 13.7. The van der Waals surface area contributed by atoms with E-state index in [0.717, 1.165) is 34.3 Å². The molecule has 7 nitrogen and oxygen atoms in total. The third-order valence-corrected chi connectivity index (χ3v) is 6.27. The molecule has 9 heteroatoms. The molecule has 0 aromatic carbocycles. The summed E-state index contributed by atoms with van der Waals surface area (Å²) >= 11 is 1.34. The number of hydrogen-bond acceptors (Lipinski definition) is 4. The number of urea groups is 1. The zero-order chi connectivity index (χ0) is 17.6. The van der Waals surface area contributed by atoms with Crippen LogP contribution in [0.3, 0.4) is 0 Å². The number of hydrogen-bond donors (Lipinski definition) is 3. The lowest BCUT2D eigenvalue weighted by Gasteiger charge is -2.15. The molecule has 2 aromatic heterocycles. The molecule has 5 N–H and O–H groups in total. The minimum absolute atomic E-state index is 0.373. The summed E-state index contributed by atoms with van der Waals surface area (Å²) in [4.78, 5) is 24.0. The topological polar surface area (TPSA) is 116 Å². The summed E-state index contributed by atoms with van der Waals surface area (Å²) in [6.07, 6.45) is 4.42. The minimum atomic E-state index is -1.29. The van der Waals surface area contributed by atoms with E-state index < -0.39 is 20.0 Å². The van der Waals surface area contributed by atoms with Crippen molar-refractivity contribution in [1.82, 2.24) is 9.78 Å². The van der Waals surface area contributed by atoms with Crippen molar-refractivity contribution in [1.29, 1.82) is 0 Å². The highest BCUT2D eigenvalue weighted by Crippen LogP contribution is 2.44. The second-order valence-electron chi connectivity index (χ2n) is 7.22. The number of fused-ring (bicyclic) bond motifs is 3. The Morgan fingerprint density at radius 2 is 2.04 bits per heavy atom. The molecule has 1 aliphatic rings. The third-order valence-electron chi connectivity index (χ3n) is 3.82. The number of nitrogens with zero attached hydrogens (tertiary/aromatic N) is 2. The van der Waals surface area contributed by atoms with Crippen LogP contribution in [-0.2, 0) is 19.0 Å². The minimum Gasteiger partial charge on any atom is -0.365 e. The van der Waals surface area contributed by atoms with Gasteiger partial charge in [-0.05, 0) is 18.4 Å². The molecule has 0 unspecified atom stereocenters. The number of aryl methyl sites for hydroxylation is 1. The predicted molar refractivity (Wildman–Crippen MR) is 98.0 cm³/mol. The quantitative estimate of drug-likeness (QED) is 0.723. The van der Waals surface area contributed by atoms with Crippen LogP contribution in [0, 0.1) is 0 Å². The lowest BCUT2D eigenvalue weighted by molar-refractivity contribution is 0.100. The predicted octanol–water partition coefficient (Wildman–Crippen LogP) is 2.18. The molecule has 0 aliphatic heterocycles. The van der Waals surface area contributed by atoms with E-state index >= 15 is 0 Å². The summed E-state index contributed by atoms with van der Waals surface area (Å²) in [7, 11) is -1.29. The Labute approximate surface area is 145 Å². The molecular formula is C15H21N5O2SSi. The van der Waals surface area contributed by atoms with Gasteiger partial charge in [0.1, 0.15) is 5.00 Å². The van der Waals surface area contributed by atoms with Crippen molar-refractivity contribution in [3.63, 3.8) is 0 Å². The van der Waals surface area contributed by atoms with Crippen molar-refractivity contribution in [2.75, 3.05) is 5.32 Å². The first-order valence-electron chi connectivity index (χ1n) is 7.74. The molecule has 0 atom stereocenters. The van der Waals surface area contributed by atoms with E-state index in [-0.39, 0.29) is 0 Å². The van der Waals surface area contributed by atoms with Gasteiger partial charge in [0.2, 0.25) is 0 Å². The highest BCUT2D eigenvalue weighted by Gasteiger charge is 2.30. The smallest absolute Gasteiger partial charge is 0.317 e. The molecule has 3 rings (SSSR count). The van der Waals surface area contributed by atoms with Crippen LogP contribution in [0.1, 0.15) is 21.6 Å². The van der Waals surface area contributed by atoms with Crippen LogP contribution < -0.4 is 16.8 Å². The van der Waals surface area contributed by atoms with Crippen molar-refractivity contribution in [2.24, 2.45) is 11.5 Å². The first-order valence-corrected chi connectivity index (χ1v) is 12.3. The summed E-state index contributed by atoms with van der Waals surface area (Å²) in [5.41, 5.74) is 14.1. The SMILES string of the molecule is C[Si](C)(C)Cn1cc2c(n1)CCc1c-2sc(NC(N)=O)c1C(N)=O. The zero-order valence-electron chi connectivity index (χ0n) is 14.0. The van der Waals surface area contributed by atoms with E-state index in [1.54, 1.807) is 0 Å². The Balaban J connectivity index is 2.08. The average molecular weight is 364 g/mol. The molecule has 2 heterocycles.